The second-order valence-electron chi connectivity index (χ2n) is 4.26. The molecule has 0 amide bonds. The molecule has 0 heterocycles. The van der Waals surface area contributed by atoms with Crippen molar-refractivity contribution in [3.8, 4) is 5.75 Å². The van der Waals surface area contributed by atoms with Crippen LogP contribution >= 0.6 is 0 Å². The Hall–Kier alpha value is -1.17. The average Bonchev–Trinajstić information content (AvgIpc) is 2.40. The zero-order valence-corrected chi connectivity index (χ0v) is 11.3. The van der Waals surface area contributed by atoms with Gasteiger partial charge in [-0.05, 0) is 37.6 Å². The molecule has 0 saturated carbocycles. The number of phenols is 1. The Labute approximate surface area is 113 Å². The molecular weight excluding hydrogens is 249 g/mol. The van der Waals surface area contributed by atoms with E-state index in [2.05, 4.69) is 5.32 Å². The highest BCUT2D eigenvalue weighted by atomic mass is 19.1. The summed E-state index contributed by atoms with van der Waals surface area (Å²) in [4.78, 5) is 0. The van der Waals surface area contributed by atoms with E-state index in [1.807, 2.05) is 0 Å². The minimum Gasteiger partial charge on any atom is -0.508 e. The average molecular weight is 271 g/mol. The molecule has 0 fully saturated rings. The van der Waals surface area contributed by atoms with Crippen LogP contribution in [0.1, 0.15) is 18.4 Å². The number of hydrogen-bond acceptors (Lipinski definition) is 4. The fourth-order valence-corrected chi connectivity index (χ4v) is 1.62. The molecule has 4 nitrogen and oxygen atoms in total. The van der Waals surface area contributed by atoms with Gasteiger partial charge in [0.2, 0.25) is 0 Å². The van der Waals surface area contributed by atoms with E-state index in [1.165, 1.54) is 18.2 Å². The van der Waals surface area contributed by atoms with E-state index in [1.54, 1.807) is 7.11 Å². The van der Waals surface area contributed by atoms with E-state index >= 15 is 0 Å². The first-order valence-corrected chi connectivity index (χ1v) is 6.49. The van der Waals surface area contributed by atoms with Crippen molar-refractivity contribution in [2.45, 2.75) is 19.4 Å². The maximum Gasteiger partial charge on any atom is 0.123 e. The van der Waals surface area contributed by atoms with Gasteiger partial charge in [0, 0.05) is 25.8 Å². The van der Waals surface area contributed by atoms with Gasteiger partial charge in [-0.3, -0.25) is 0 Å². The number of nitrogens with one attached hydrogen (secondary N) is 1. The van der Waals surface area contributed by atoms with Crippen LogP contribution in [0.4, 0.5) is 4.39 Å². The van der Waals surface area contributed by atoms with Gasteiger partial charge in [-0.2, -0.15) is 0 Å². The van der Waals surface area contributed by atoms with Gasteiger partial charge in [-0.1, -0.05) is 0 Å². The molecule has 0 spiro atoms. The summed E-state index contributed by atoms with van der Waals surface area (Å²) in [6.07, 6.45) is 1.94. The maximum absolute atomic E-state index is 13.0. The highest BCUT2D eigenvalue weighted by Crippen LogP contribution is 2.17. The molecular formula is C14H22FNO3. The Bertz CT molecular complexity index is 361. The van der Waals surface area contributed by atoms with Gasteiger partial charge in [0.1, 0.15) is 11.6 Å². The van der Waals surface area contributed by atoms with Crippen molar-refractivity contribution in [3.05, 3.63) is 29.6 Å². The normalized spacial score (nSPS) is 10.8. The third-order valence-electron chi connectivity index (χ3n) is 2.68. The number of ether oxygens (including phenoxy) is 2. The minimum absolute atomic E-state index is 0.122. The minimum atomic E-state index is -0.332. The molecule has 0 radical (unpaired) electrons. The topological polar surface area (TPSA) is 50.7 Å². The SMILES string of the molecule is COCCOCCCCNCc1cc(F)ccc1O. The molecule has 19 heavy (non-hydrogen) atoms. The predicted molar refractivity (Wildman–Crippen MR) is 71.7 cm³/mol. The van der Waals surface area contributed by atoms with Gasteiger partial charge in [0.15, 0.2) is 0 Å². The first-order chi connectivity index (χ1) is 9.24. The summed E-state index contributed by atoms with van der Waals surface area (Å²) in [5.41, 5.74) is 0.580. The molecule has 1 aromatic carbocycles. The van der Waals surface area contributed by atoms with Gasteiger partial charge in [-0.25, -0.2) is 4.39 Å². The first-order valence-electron chi connectivity index (χ1n) is 6.49. The maximum atomic E-state index is 13.0. The number of methoxy groups -OCH3 is 1. The van der Waals surface area contributed by atoms with E-state index < -0.39 is 0 Å². The Morgan fingerprint density at radius 1 is 1.21 bits per heavy atom. The zero-order valence-electron chi connectivity index (χ0n) is 11.3. The van der Waals surface area contributed by atoms with Gasteiger partial charge in [0.25, 0.3) is 0 Å². The summed E-state index contributed by atoms with van der Waals surface area (Å²) >= 11 is 0. The Morgan fingerprint density at radius 3 is 2.84 bits per heavy atom. The summed E-state index contributed by atoms with van der Waals surface area (Å²) in [5.74, 6) is -0.210. The lowest BCUT2D eigenvalue weighted by atomic mass is 10.2. The zero-order chi connectivity index (χ0) is 13.9. The Balaban J connectivity index is 2.03. The third-order valence-corrected chi connectivity index (χ3v) is 2.68. The van der Waals surface area contributed by atoms with Crippen LogP contribution in [0.15, 0.2) is 18.2 Å². The van der Waals surface area contributed by atoms with Crippen LogP contribution in [0.25, 0.3) is 0 Å². The monoisotopic (exact) mass is 271 g/mol. The smallest absolute Gasteiger partial charge is 0.123 e. The van der Waals surface area contributed by atoms with Crippen molar-refractivity contribution in [1.82, 2.24) is 5.32 Å². The second kappa shape index (κ2) is 9.72. The van der Waals surface area contributed by atoms with Crippen molar-refractivity contribution in [3.63, 3.8) is 0 Å². The molecule has 0 aromatic heterocycles. The van der Waals surface area contributed by atoms with E-state index in [4.69, 9.17) is 9.47 Å². The fraction of sp³-hybridized carbons (Fsp3) is 0.571. The number of benzene rings is 1. The van der Waals surface area contributed by atoms with Crippen LogP contribution in [0, 0.1) is 5.82 Å². The molecule has 0 unspecified atom stereocenters. The largest absolute Gasteiger partial charge is 0.508 e. The molecule has 1 rings (SSSR count). The van der Waals surface area contributed by atoms with Crippen molar-refractivity contribution in [2.24, 2.45) is 0 Å². The molecule has 0 aliphatic carbocycles. The van der Waals surface area contributed by atoms with Gasteiger partial charge in [0.05, 0.1) is 13.2 Å². The molecule has 0 aliphatic heterocycles. The van der Waals surface area contributed by atoms with Crippen molar-refractivity contribution < 1.29 is 19.0 Å². The van der Waals surface area contributed by atoms with Gasteiger partial charge >= 0.3 is 0 Å². The van der Waals surface area contributed by atoms with Crippen LogP contribution in [0.5, 0.6) is 5.75 Å². The van der Waals surface area contributed by atoms with Crippen molar-refractivity contribution in [2.75, 3.05) is 33.5 Å². The molecule has 0 saturated heterocycles. The highest BCUT2D eigenvalue weighted by molar-refractivity contribution is 5.32. The van der Waals surface area contributed by atoms with E-state index in [0.29, 0.717) is 25.3 Å². The highest BCUT2D eigenvalue weighted by Gasteiger charge is 2.01. The molecule has 108 valence electrons. The lowest BCUT2D eigenvalue weighted by molar-refractivity contribution is 0.0688. The van der Waals surface area contributed by atoms with E-state index in [0.717, 1.165) is 26.0 Å². The fourth-order valence-electron chi connectivity index (χ4n) is 1.62. The van der Waals surface area contributed by atoms with E-state index in [-0.39, 0.29) is 11.6 Å². The Kier molecular flexibility index (Phi) is 8.13. The molecule has 2 N–H and O–H groups in total. The summed E-state index contributed by atoms with van der Waals surface area (Å²) in [6, 6.07) is 3.96. The van der Waals surface area contributed by atoms with Crippen LogP contribution in [0.2, 0.25) is 0 Å². The van der Waals surface area contributed by atoms with Gasteiger partial charge in [-0.15, -0.1) is 0 Å². The third kappa shape index (κ3) is 7.10. The molecule has 5 heteroatoms. The lowest BCUT2D eigenvalue weighted by Gasteiger charge is -2.07. The number of hydrogen-bond donors (Lipinski definition) is 2. The number of halogens is 1. The number of rotatable bonds is 10. The standard InChI is InChI=1S/C14H22FNO3/c1-18-8-9-19-7-3-2-6-16-11-12-10-13(15)4-5-14(12)17/h4-5,10,16-17H,2-3,6-9,11H2,1H3. The second-order valence-corrected chi connectivity index (χ2v) is 4.26. The van der Waals surface area contributed by atoms with Crippen molar-refractivity contribution >= 4 is 0 Å². The van der Waals surface area contributed by atoms with Gasteiger partial charge < -0.3 is 19.9 Å². The lowest BCUT2D eigenvalue weighted by Crippen LogP contribution is -2.15. The summed E-state index contributed by atoms with van der Waals surface area (Å²) in [5, 5.41) is 12.7. The Morgan fingerprint density at radius 2 is 2.05 bits per heavy atom. The van der Waals surface area contributed by atoms with Crippen LogP contribution < -0.4 is 5.32 Å². The van der Waals surface area contributed by atoms with Crippen LogP contribution in [-0.4, -0.2) is 38.6 Å². The first kappa shape index (κ1) is 15.9. The predicted octanol–water partition coefficient (Wildman–Crippen LogP) is 2.06. The van der Waals surface area contributed by atoms with Crippen LogP contribution in [-0.2, 0) is 16.0 Å². The summed E-state index contributed by atoms with van der Waals surface area (Å²) in [6.45, 7) is 3.24. The molecule has 0 atom stereocenters. The number of aromatic hydroxyl groups is 1. The molecule has 1 aromatic rings. The summed E-state index contributed by atoms with van der Waals surface area (Å²) < 4.78 is 23.2. The quantitative estimate of drug-likeness (QED) is 0.640. The van der Waals surface area contributed by atoms with Crippen molar-refractivity contribution in [1.29, 1.82) is 0 Å². The summed E-state index contributed by atoms with van der Waals surface area (Å²) in [7, 11) is 1.65. The van der Waals surface area contributed by atoms with Crippen LogP contribution in [0.3, 0.4) is 0 Å². The number of phenolic OH excluding ortho intramolecular Hbond substituents is 1. The molecule has 0 bridgehead atoms. The van der Waals surface area contributed by atoms with E-state index in [9.17, 15) is 9.50 Å². The molecule has 0 aliphatic rings. The number of unbranched alkanes of at least 4 members (excludes halogenated alkanes) is 1.